The number of hydrogen-bond donors (Lipinski definition) is 0. The monoisotopic (exact) mass is 232 g/mol. The predicted octanol–water partition coefficient (Wildman–Crippen LogP) is 3.16. The molecule has 2 aromatic rings. The van der Waals surface area contributed by atoms with Crippen molar-refractivity contribution in [1.29, 1.82) is 0 Å². The number of Topliss-reactive ketones (excluding diaryl/α,β-unsaturated/α-hetero) is 1. The molecule has 0 amide bonds. The second-order valence-electron chi connectivity index (χ2n) is 3.92. The van der Waals surface area contributed by atoms with Crippen molar-refractivity contribution in [3.8, 4) is 0 Å². The van der Waals surface area contributed by atoms with Gasteiger partial charge in [-0.05, 0) is 29.8 Å². The van der Waals surface area contributed by atoms with E-state index in [9.17, 15) is 9.18 Å². The van der Waals surface area contributed by atoms with Crippen LogP contribution in [0.1, 0.15) is 17.7 Å². The molecule has 0 saturated carbocycles. The minimum atomic E-state index is -0.304. The summed E-state index contributed by atoms with van der Waals surface area (Å²) in [6, 6.07) is 9.78. The molecule has 0 fully saturated rings. The first-order valence-electron chi connectivity index (χ1n) is 5.52. The third kappa shape index (κ3) is 3.55. The van der Waals surface area contributed by atoms with Crippen LogP contribution in [-0.4, -0.2) is 5.78 Å². The van der Waals surface area contributed by atoms with Crippen LogP contribution in [0.5, 0.6) is 0 Å². The van der Waals surface area contributed by atoms with Gasteiger partial charge in [-0.15, -0.1) is 0 Å². The Bertz CT molecular complexity index is 489. The molecule has 1 aromatic carbocycles. The van der Waals surface area contributed by atoms with Gasteiger partial charge in [-0.2, -0.15) is 0 Å². The molecule has 3 heteroatoms. The Hall–Kier alpha value is -1.90. The summed E-state index contributed by atoms with van der Waals surface area (Å²) in [5.74, 6) is 0.589. The molecule has 0 aliphatic carbocycles. The van der Waals surface area contributed by atoms with E-state index in [2.05, 4.69) is 0 Å². The molecule has 0 bridgehead atoms. The quantitative estimate of drug-likeness (QED) is 0.792. The maximum atomic E-state index is 12.9. The van der Waals surface area contributed by atoms with E-state index in [0.29, 0.717) is 12.8 Å². The molecule has 0 N–H and O–H groups in total. The number of ketones is 1. The van der Waals surface area contributed by atoms with Gasteiger partial charge in [-0.25, -0.2) is 4.39 Å². The summed E-state index contributed by atoms with van der Waals surface area (Å²) in [6.07, 6.45) is 2.88. The zero-order chi connectivity index (χ0) is 12.1. The predicted molar refractivity (Wildman–Crippen MR) is 62.1 cm³/mol. The maximum Gasteiger partial charge on any atom is 0.137 e. The van der Waals surface area contributed by atoms with Crippen molar-refractivity contribution in [2.24, 2.45) is 0 Å². The molecule has 1 aromatic heterocycles. The molecule has 0 unspecified atom stereocenters. The van der Waals surface area contributed by atoms with Crippen LogP contribution in [0.15, 0.2) is 47.1 Å². The van der Waals surface area contributed by atoms with Gasteiger partial charge in [0.15, 0.2) is 0 Å². The van der Waals surface area contributed by atoms with Gasteiger partial charge in [0, 0.05) is 19.3 Å². The van der Waals surface area contributed by atoms with Crippen molar-refractivity contribution < 1.29 is 13.6 Å². The number of furan rings is 1. The fourth-order valence-electron chi connectivity index (χ4n) is 1.68. The summed E-state index contributed by atoms with van der Waals surface area (Å²) in [5.41, 5.74) is 0.717. The van der Waals surface area contributed by atoms with Crippen LogP contribution < -0.4 is 0 Å². The number of benzene rings is 1. The van der Waals surface area contributed by atoms with Gasteiger partial charge in [0.2, 0.25) is 0 Å². The summed E-state index contributed by atoms with van der Waals surface area (Å²) >= 11 is 0. The van der Waals surface area contributed by atoms with Gasteiger partial charge in [-0.3, -0.25) is 4.79 Å². The molecular weight excluding hydrogens is 219 g/mol. The van der Waals surface area contributed by atoms with Crippen LogP contribution in [0, 0.1) is 5.82 Å². The average Bonchev–Trinajstić information content (AvgIpc) is 2.79. The van der Waals surface area contributed by atoms with Gasteiger partial charge in [0.25, 0.3) is 0 Å². The number of halogens is 1. The minimum absolute atomic E-state index is 0.0898. The first-order valence-corrected chi connectivity index (χ1v) is 5.52. The van der Waals surface area contributed by atoms with E-state index < -0.39 is 0 Å². The molecule has 0 aliphatic heterocycles. The lowest BCUT2D eigenvalue weighted by atomic mass is 10.1. The van der Waals surface area contributed by atoms with Crippen LogP contribution in [0.4, 0.5) is 4.39 Å². The number of hydrogen-bond acceptors (Lipinski definition) is 2. The highest BCUT2D eigenvalue weighted by atomic mass is 19.1. The second-order valence-corrected chi connectivity index (χ2v) is 3.92. The Morgan fingerprint density at radius 1 is 1.24 bits per heavy atom. The largest absolute Gasteiger partial charge is 0.469 e. The molecule has 1 heterocycles. The first kappa shape index (κ1) is 11.6. The summed E-state index contributed by atoms with van der Waals surface area (Å²) < 4.78 is 18.0. The van der Waals surface area contributed by atoms with Gasteiger partial charge < -0.3 is 4.42 Å². The van der Waals surface area contributed by atoms with E-state index in [1.54, 1.807) is 24.5 Å². The molecular formula is C14H13FO2. The standard InChI is InChI=1S/C14H13FO2/c15-12-4-1-3-11(9-12)10-13(16)6-7-14-5-2-8-17-14/h1-5,8-9H,6-7,10H2. The number of carbonyl (C=O) groups excluding carboxylic acids is 1. The summed E-state index contributed by atoms with van der Waals surface area (Å²) in [6.45, 7) is 0. The zero-order valence-corrected chi connectivity index (χ0v) is 9.36. The van der Waals surface area contributed by atoms with Crippen molar-refractivity contribution in [3.63, 3.8) is 0 Å². The van der Waals surface area contributed by atoms with Gasteiger partial charge >= 0.3 is 0 Å². The van der Waals surface area contributed by atoms with Crippen molar-refractivity contribution >= 4 is 5.78 Å². The summed E-state index contributed by atoms with van der Waals surface area (Å²) in [5, 5.41) is 0. The van der Waals surface area contributed by atoms with Crippen LogP contribution in [-0.2, 0) is 17.6 Å². The molecule has 0 atom stereocenters. The maximum absolute atomic E-state index is 12.9. The van der Waals surface area contributed by atoms with E-state index in [0.717, 1.165) is 11.3 Å². The van der Waals surface area contributed by atoms with Gasteiger partial charge in [0.05, 0.1) is 6.26 Å². The lowest BCUT2D eigenvalue weighted by molar-refractivity contribution is -0.118. The first-order chi connectivity index (χ1) is 8.24. The SMILES string of the molecule is O=C(CCc1ccco1)Cc1cccc(F)c1. The molecule has 17 heavy (non-hydrogen) atoms. The Kier molecular flexibility index (Phi) is 3.70. The van der Waals surface area contributed by atoms with Crippen molar-refractivity contribution in [2.45, 2.75) is 19.3 Å². The molecule has 0 aliphatic rings. The Morgan fingerprint density at radius 2 is 2.12 bits per heavy atom. The zero-order valence-electron chi connectivity index (χ0n) is 9.36. The fourth-order valence-corrected chi connectivity index (χ4v) is 1.68. The Morgan fingerprint density at radius 3 is 2.82 bits per heavy atom. The van der Waals surface area contributed by atoms with E-state index in [1.807, 2.05) is 6.07 Å². The van der Waals surface area contributed by atoms with Crippen LogP contribution in [0.2, 0.25) is 0 Å². The van der Waals surface area contributed by atoms with E-state index in [-0.39, 0.29) is 18.0 Å². The van der Waals surface area contributed by atoms with E-state index in [4.69, 9.17) is 4.42 Å². The lowest BCUT2D eigenvalue weighted by Gasteiger charge is -2.00. The highest BCUT2D eigenvalue weighted by molar-refractivity contribution is 5.80. The normalized spacial score (nSPS) is 10.4. The summed E-state index contributed by atoms with van der Waals surface area (Å²) in [7, 11) is 0. The van der Waals surface area contributed by atoms with Crippen LogP contribution in [0.25, 0.3) is 0 Å². The molecule has 88 valence electrons. The number of rotatable bonds is 5. The topological polar surface area (TPSA) is 30.2 Å². The summed E-state index contributed by atoms with van der Waals surface area (Å²) in [4.78, 5) is 11.7. The van der Waals surface area contributed by atoms with Crippen LogP contribution >= 0.6 is 0 Å². The lowest BCUT2D eigenvalue weighted by Crippen LogP contribution is -2.04. The molecule has 2 rings (SSSR count). The Labute approximate surface area is 99.1 Å². The smallest absolute Gasteiger partial charge is 0.137 e. The van der Waals surface area contributed by atoms with Crippen molar-refractivity contribution in [3.05, 3.63) is 59.8 Å². The third-order valence-corrected chi connectivity index (χ3v) is 2.52. The molecule has 0 saturated heterocycles. The average molecular weight is 232 g/mol. The second kappa shape index (κ2) is 5.43. The molecule has 2 nitrogen and oxygen atoms in total. The molecule has 0 spiro atoms. The number of aryl methyl sites for hydroxylation is 1. The van der Waals surface area contributed by atoms with E-state index >= 15 is 0 Å². The Balaban J connectivity index is 1.85. The fraction of sp³-hybridized carbons (Fsp3) is 0.214. The van der Waals surface area contributed by atoms with Gasteiger partial charge in [-0.1, -0.05) is 12.1 Å². The van der Waals surface area contributed by atoms with Crippen molar-refractivity contribution in [2.75, 3.05) is 0 Å². The van der Waals surface area contributed by atoms with Crippen molar-refractivity contribution in [1.82, 2.24) is 0 Å². The van der Waals surface area contributed by atoms with Crippen LogP contribution in [0.3, 0.4) is 0 Å². The minimum Gasteiger partial charge on any atom is -0.469 e. The third-order valence-electron chi connectivity index (χ3n) is 2.52. The van der Waals surface area contributed by atoms with E-state index in [1.165, 1.54) is 12.1 Å². The molecule has 0 radical (unpaired) electrons. The van der Waals surface area contributed by atoms with Gasteiger partial charge in [0.1, 0.15) is 17.4 Å². The highest BCUT2D eigenvalue weighted by Crippen LogP contribution is 2.08. The highest BCUT2D eigenvalue weighted by Gasteiger charge is 2.06. The number of carbonyl (C=O) groups is 1.